The van der Waals surface area contributed by atoms with Gasteiger partial charge in [-0.25, -0.2) is 14.8 Å². The minimum absolute atomic E-state index is 0.149. The number of urea groups is 1. The zero-order chi connectivity index (χ0) is 18.9. The van der Waals surface area contributed by atoms with Gasteiger partial charge in [0.25, 0.3) is 0 Å². The minimum atomic E-state index is 0.149. The number of ether oxygens (including phenoxy) is 2. The fourth-order valence-corrected chi connectivity index (χ4v) is 3.34. The summed E-state index contributed by atoms with van der Waals surface area (Å²) in [6, 6.07) is 0.149. The van der Waals surface area contributed by atoms with Crippen LogP contribution in [0.15, 0.2) is 6.20 Å². The first-order valence-corrected chi connectivity index (χ1v) is 9.53. The number of nitrogens with zero attached hydrogens (tertiary/aromatic N) is 4. The number of piperidine rings is 1. The van der Waals surface area contributed by atoms with Crippen molar-refractivity contribution >= 4 is 6.03 Å². The number of hydrogen-bond donors (Lipinski definition) is 0. The summed E-state index contributed by atoms with van der Waals surface area (Å²) in [6.45, 7) is 10.6. The third-order valence-corrected chi connectivity index (χ3v) is 4.89. The van der Waals surface area contributed by atoms with Gasteiger partial charge >= 0.3 is 6.03 Å². The van der Waals surface area contributed by atoms with Crippen LogP contribution in [0.4, 0.5) is 4.79 Å². The SMILES string of the molecule is CCN(CC)C(=O)N1CCC(c2nc(C)ncc2COCCOC)CC1. The molecule has 2 rings (SSSR count). The van der Waals surface area contributed by atoms with Crippen LogP contribution in [0, 0.1) is 6.92 Å². The number of carbonyl (C=O) groups excluding carboxylic acids is 1. The Hall–Kier alpha value is -1.73. The highest BCUT2D eigenvalue weighted by atomic mass is 16.5. The van der Waals surface area contributed by atoms with Crippen molar-refractivity contribution in [2.45, 2.75) is 46.1 Å². The van der Waals surface area contributed by atoms with Crippen molar-refractivity contribution in [1.82, 2.24) is 19.8 Å². The summed E-state index contributed by atoms with van der Waals surface area (Å²) in [4.78, 5) is 25.4. The lowest BCUT2D eigenvalue weighted by molar-refractivity contribution is 0.0607. The van der Waals surface area contributed by atoms with Crippen LogP contribution >= 0.6 is 0 Å². The fraction of sp³-hybridized carbons (Fsp3) is 0.737. The summed E-state index contributed by atoms with van der Waals surface area (Å²) in [6.07, 6.45) is 3.72. The van der Waals surface area contributed by atoms with E-state index in [-0.39, 0.29) is 6.03 Å². The zero-order valence-electron chi connectivity index (χ0n) is 16.5. The summed E-state index contributed by atoms with van der Waals surface area (Å²) in [5.74, 6) is 1.13. The molecule has 1 aliphatic rings. The molecule has 7 heteroatoms. The smallest absolute Gasteiger partial charge is 0.319 e. The third-order valence-electron chi connectivity index (χ3n) is 4.89. The normalized spacial score (nSPS) is 15.3. The van der Waals surface area contributed by atoms with Crippen molar-refractivity contribution in [1.29, 1.82) is 0 Å². The first-order valence-electron chi connectivity index (χ1n) is 9.53. The number of methoxy groups -OCH3 is 1. The average Bonchev–Trinajstić information content (AvgIpc) is 2.67. The van der Waals surface area contributed by atoms with E-state index in [0.29, 0.717) is 25.7 Å². The van der Waals surface area contributed by atoms with Crippen LogP contribution in [0.1, 0.15) is 49.7 Å². The van der Waals surface area contributed by atoms with Crippen LogP contribution in [-0.4, -0.2) is 72.3 Å². The predicted octanol–water partition coefficient (Wildman–Crippen LogP) is 2.59. The molecule has 0 radical (unpaired) electrons. The second-order valence-corrected chi connectivity index (χ2v) is 6.59. The Bertz CT molecular complexity index is 570. The molecule has 1 fully saturated rings. The molecule has 0 N–H and O–H groups in total. The second-order valence-electron chi connectivity index (χ2n) is 6.59. The Labute approximate surface area is 156 Å². The summed E-state index contributed by atoms with van der Waals surface area (Å²) < 4.78 is 10.7. The minimum Gasteiger partial charge on any atom is -0.382 e. The van der Waals surface area contributed by atoms with Gasteiger partial charge in [-0.05, 0) is 33.6 Å². The predicted molar refractivity (Wildman–Crippen MR) is 100 cm³/mol. The van der Waals surface area contributed by atoms with E-state index >= 15 is 0 Å². The van der Waals surface area contributed by atoms with E-state index in [1.807, 2.05) is 36.8 Å². The van der Waals surface area contributed by atoms with Crippen LogP contribution in [-0.2, 0) is 16.1 Å². The Morgan fingerprint density at radius 3 is 2.58 bits per heavy atom. The maximum absolute atomic E-state index is 12.5. The largest absolute Gasteiger partial charge is 0.382 e. The van der Waals surface area contributed by atoms with Gasteiger partial charge in [-0.15, -0.1) is 0 Å². The molecule has 1 aromatic rings. The number of carbonyl (C=O) groups is 1. The number of aromatic nitrogens is 2. The fourth-order valence-electron chi connectivity index (χ4n) is 3.34. The van der Waals surface area contributed by atoms with E-state index in [1.54, 1.807) is 7.11 Å². The lowest BCUT2D eigenvalue weighted by Crippen LogP contribution is -2.46. The molecule has 2 heterocycles. The number of hydrogen-bond acceptors (Lipinski definition) is 5. The Balaban J connectivity index is 1.99. The molecule has 1 aromatic heterocycles. The van der Waals surface area contributed by atoms with Crippen LogP contribution in [0.25, 0.3) is 0 Å². The lowest BCUT2D eigenvalue weighted by Gasteiger charge is -2.35. The van der Waals surface area contributed by atoms with Gasteiger partial charge in [0.2, 0.25) is 0 Å². The molecule has 0 unspecified atom stereocenters. The van der Waals surface area contributed by atoms with Gasteiger partial charge < -0.3 is 19.3 Å². The average molecular weight is 364 g/mol. The third kappa shape index (κ3) is 5.38. The van der Waals surface area contributed by atoms with E-state index in [4.69, 9.17) is 14.5 Å². The molecular weight excluding hydrogens is 332 g/mol. The van der Waals surface area contributed by atoms with Gasteiger partial charge in [0.1, 0.15) is 5.82 Å². The van der Waals surface area contributed by atoms with Gasteiger partial charge in [-0.2, -0.15) is 0 Å². The van der Waals surface area contributed by atoms with Crippen LogP contribution < -0.4 is 0 Å². The molecule has 2 amide bonds. The maximum Gasteiger partial charge on any atom is 0.319 e. The molecular formula is C19H32N4O3. The van der Waals surface area contributed by atoms with Crippen molar-refractivity contribution in [3.05, 3.63) is 23.3 Å². The van der Waals surface area contributed by atoms with E-state index in [0.717, 1.165) is 56.1 Å². The van der Waals surface area contributed by atoms with Crippen molar-refractivity contribution in [2.75, 3.05) is 46.5 Å². The van der Waals surface area contributed by atoms with Gasteiger partial charge in [0.05, 0.1) is 25.5 Å². The Morgan fingerprint density at radius 2 is 1.96 bits per heavy atom. The molecule has 0 bridgehead atoms. The van der Waals surface area contributed by atoms with E-state index in [9.17, 15) is 4.79 Å². The topological polar surface area (TPSA) is 67.8 Å². The van der Waals surface area contributed by atoms with Gasteiger partial charge in [-0.1, -0.05) is 0 Å². The Kier molecular flexibility index (Phi) is 8.25. The van der Waals surface area contributed by atoms with Crippen LogP contribution in [0.2, 0.25) is 0 Å². The quantitative estimate of drug-likeness (QED) is 0.663. The van der Waals surface area contributed by atoms with Gasteiger partial charge in [0, 0.05) is 51.0 Å². The molecule has 0 aromatic carbocycles. The summed E-state index contributed by atoms with van der Waals surface area (Å²) in [5, 5.41) is 0. The summed E-state index contributed by atoms with van der Waals surface area (Å²) in [5.41, 5.74) is 2.12. The molecule has 146 valence electrons. The van der Waals surface area contributed by atoms with Crippen molar-refractivity contribution in [2.24, 2.45) is 0 Å². The maximum atomic E-state index is 12.5. The van der Waals surface area contributed by atoms with Gasteiger partial charge in [-0.3, -0.25) is 0 Å². The molecule has 1 aliphatic heterocycles. The first kappa shape index (κ1) is 20.6. The summed E-state index contributed by atoms with van der Waals surface area (Å²) in [7, 11) is 1.66. The van der Waals surface area contributed by atoms with Gasteiger partial charge in [0.15, 0.2) is 0 Å². The lowest BCUT2D eigenvalue weighted by atomic mass is 9.91. The molecule has 0 atom stereocenters. The zero-order valence-corrected chi connectivity index (χ0v) is 16.5. The first-order chi connectivity index (χ1) is 12.6. The second kappa shape index (κ2) is 10.4. The molecule has 0 saturated carbocycles. The number of likely N-dealkylation sites (tertiary alicyclic amines) is 1. The number of amides is 2. The highest BCUT2D eigenvalue weighted by Crippen LogP contribution is 2.29. The highest BCUT2D eigenvalue weighted by molar-refractivity contribution is 5.74. The van der Waals surface area contributed by atoms with E-state index in [2.05, 4.69) is 4.98 Å². The molecule has 1 saturated heterocycles. The van der Waals surface area contributed by atoms with Crippen LogP contribution in [0.5, 0.6) is 0 Å². The summed E-state index contributed by atoms with van der Waals surface area (Å²) >= 11 is 0. The molecule has 7 nitrogen and oxygen atoms in total. The number of aryl methyl sites for hydroxylation is 1. The van der Waals surface area contributed by atoms with Crippen molar-refractivity contribution in [3.8, 4) is 0 Å². The highest BCUT2D eigenvalue weighted by Gasteiger charge is 2.28. The monoisotopic (exact) mass is 364 g/mol. The van der Waals surface area contributed by atoms with Crippen molar-refractivity contribution in [3.63, 3.8) is 0 Å². The van der Waals surface area contributed by atoms with E-state index in [1.165, 1.54) is 0 Å². The molecule has 26 heavy (non-hydrogen) atoms. The van der Waals surface area contributed by atoms with Crippen LogP contribution in [0.3, 0.4) is 0 Å². The number of rotatable bonds is 8. The molecule has 0 aliphatic carbocycles. The Morgan fingerprint density at radius 1 is 1.27 bits per heavy atom. The standard InChI is InChI=1S/C19H32N4O3/c1-5-22(6-2)19(24)23-9-7-16(8-10-23)18-17(13-20-15(3)21-18)14-26-12-11-25-4/h13,16H,5-12,14H2,1-4H3. The molecule has 0 spiro atoms. The van der Waals surface area contributed by atoms with Crippen molar-refractivity contribution < 1.29 is 14.3 Å². The van der Waals surface area contributed by atoms with E-state index < -0.39 is 0 Å².